The van der Waals surface area contributed by atoms with E-state index in [0.29, 0.717) is 13.2 Å². The zero-order valence-electron chi connectivity index (χ0n) is 10.9. The van der Waals surface area contributed by atoms with Crippen molar-refractivity contribution in [2.45, 2.75) is 44.9 Å². The fourth-order valence-electron chi connectivity index (χ4n) is 1.63. The van der Waals surface area contributed by atoms with Crippen LogP contribution in [0.3, 0.4) is 0 Å². The topological polar surface area (TPSA) is 40.5 Å². The molecule has 0 aromatic heterocycles. The van der Waals surface area contributed by atoms with E-state index in [1.165, 1.54) is 56.5 Å². The molecule has 0 rings (SSSR count). The molecule has 0 amide bonds. The number of hydrogen-bond acceptors (Lipinski definition) is 4. The quantitative estimate of drug-likeness (QED) is 0.480. The Hall–Kier alpha value is 0.620. The molecule has 0 aliphatic rings. The van der Waals surface area contributed by atoms with Gasteiger partial charge in [-0.1, -0.05) is 32.1 Å². The van der Waals surface area contributed by atoms with Crippen LogP contribution in [0, 0.1) is 0 Å². The van der Waals surface area contributed by atoms with Crippen molar-refractivity contribution >= 4 is 23.5 Å². The third kappa shape index (κ3) is 16.6. The van der Waals surface area contributed by atoms with Crippen molar-refractivity contribution in [1.29, 1.82) is 0 Å². The van der Waals surface area contributed by atoms with Crippen molar-refractivity contribution in [2.75, 3.05) is 36.2 Å². The number of aliphatic hydroxyl groups excluding tert-OH is 2. The number of thioether (sulfide) groups is 2. The molecule has 0 spiro atoms. The summed E-state index contributed by atoms with van der Waals surface area (Å²) in [5.41, 5.74) is 0. The first-order valence-electron chi connectivity index (χ1n) is 6.79. The van der Waals surface area contributed by atoms with Gasteiger partial charge in [-0.3, -0.25) is 0 Å². The Morgan fingerprint density at radius 2 is 0.824 bits per heavy atom. The average molecular weight is 280 g/mol. The van der Waals surface area contributed by atoms with Crippen LogP contribution >= 0.6 is 23.5 Å². The van der Waals surface area contributed by atoms with Crippen LogP contribution in [0.15, 0.2) is 0 Å². The van der Waals surface area contributed by atoms with Gasteiger partial charge in [0.15, 0.2) is 0 Å². The summed E-state index contributed by atoms with van der Waals surface area (Å²) < 4.78 is 0. The SMILES string of the molecule is OCCSCCCCCCCCCSCCO. The van der Waals surface area contributed by atoms with Crippen molar-refractivity contribution in [3.63, 3.8) is 0 Å². The van der Waals surface area contributed by atoms with E-state index in [4.69, 9.17) is 10.2 Å². The van der Waals surface area contributed by atoms with E-state index in [2.05, 4.69) is 0 Å². The van der Waals surface area contributed by atoms with Gasteiger partial charge in [-0.2, -0.15) is 23.5 Å². The molecule has 0 unspecified atom stereocenters. The maximum Gasteiger partial charge on any atom is 0.0521 e. The molecule has 0 radical (unpaired) electrons. The molecule has 0 bridgehead atoms. The van der Waals surface area contributed by atoms with E-state index >= 15 is 0 Å². The number of unbranched alkanes of at least 4 members (excludes halogenated alkanes) is 6. The van der Waals surface area contributed by atoms with Gasteiger partial charge in [0.05, 0.1) is 13.2 Å². The highest BCUT2D eigenvalue weighted by Gasteiger charge is 1.93. The number of rotatable bonds is 14. The Morgan fingerprint density at radius 1 is 0.471 bits per heavy atom. The molecule has 0 saturated carbocycles. The molecule has 17 heavy (non-hydrogen) atoms. The van der Waals surface area contributed by atoms with Crippen LogP contribution in [0.4, 0.5) is 0 Å². The van der Waals surface area contributed by atoms with E-state index < -0.39 is 0 Å². The van der Waals surface area contributed by atoms with Crippen LogP contribution in [0.25, 0.3) is 0 Å². The molecule has 0 saturated heterocycles. The van der Waals surface area contributed by atoms with Gasteiger partial charge >= 0.3 is 0 Å². The minimum Gasteiger partial charge on any atom is -0.396 e. The number of aliphatic hydroxyl groups is 2. The molecule has 104 valence electrons. The molecule has 2 nitrogen and oxygen atoms in total. The molecule has 0 fully saturated rings. The van der Waals surface area contributed by atoms with Crippen molar-refractivity contribution < 1.29 is 10.2 Å². The molecule has 0 aromatic carbocycles. The van der Waals surface area contributed by atoms with E-state index in [0.717, 1.165) is 11.5 Å². The van der Waals surface area contributed by atoms with Crippen molar-refractivity contribution in [1.82, 2.24) is 0 Å². The predicted octanol–water partition coefficient (Wildman–Crippen LogP) is 3.17. The highest BCUT2D eigenvalue weighted by molar-refractivity contribution is 7.99. The second kappa shape index (κ2) is 16.6. The fraction of sp³-hybridized carbons (Fsp3) is 1.00. The van der Waals surface area contributed by atoms with Crippen LogP contribution in [0.2, 0.25) is 0 Å². The molecule has 0 aromatic rings. The Labute approximate surface area is 115 Å². The van der Waals surface area contributed by atoms with Gasteiger partial charge in [-0.15, -0.1) is 0 Å². The number of hydrogen-bond donors (Lipinski definition) is 2. The van der Waals surface area contributed by atoms with Crippen molar-refractivity contribution in [3.05, 3.63) is 0 Å². The molecule has 0 atom stereocenters. The summed E-state index contributed by atoms with van der Waals surface area (Å²) in [6.45, 7) is 0.637. The summed E-state index contributed by atoms with van der Waals surface area (Å²) in [6.07, 6.45) is 9.39. The first-order valence-corrected chi connectivity index (χ1v) is 9.10. The summed E-state index contributed by atoms with van der Waals surface area (Å²) >= 11 is 3.72. The molecular formula is C13H28O2S2. The summed E-state index contributed by atoms with van der Waals surface area (Å²) in [4.78, 5) is 0. The van der Waals surface area contributed by atoms with E-state index in [9.17, 15) is 0 Å². The maximum absolute atomic E-state index is 8.61. The fourth-order valence-corrected chi connectivity index (χ4v) is 3.11. The molecule has 0 aliphatic heterocycles. The lowest BCUT2D eigenvalue weighted by Crippen LogP contribution is -1.90. The first-order chi connectivity index (χ1) is 8.41. The standard InChI is InChI=1S/C13H28O2S2/c14-8-12-16-10-6-4-2-1-3-5-7-11-17-13-9-15/h14-15H,1-13H2. The van der Waals surface area contributed by atoms with Crippen LogP contribution in [-0.2, 0) is 0 Å². The van der Waals surface area contributed by atoms with E-state index in [1.807, 2.05) is 23.5 Å². The lowest BCUT2D eigenvalue weighted by molar-refractivity contribution is 0.322. The second-order valence-corrected chi connectivity index (χ2v) is 6.60. The maximum atomic E-state index is 8.61. The normalized spacial score (nSPS) is 10.9. The Balaban J connectivity index is 2.85. The largest absolute Gasteiger partial charge is 0.396 e. The third-order valence-corrected chi connectivity index (χ3v) is 4.65. The van der Waals surface area contributed by atoms with Gasteiger partial charge in [0, 0.05) is 11.5 Å². The average Bonchev–Trinajstić information content (AvgIpc) is 2.35. The molecule has 0 heterocycles. The Morgan fingerprint density at radius 3 is 1.18 bits per heavy atom. The predicted molar refractivity (Wildman–Crippen MR) is 81.1 cm³/mol. The summed E-state index contributed by atoms with van der Waals surface area (Å²) in [5.74, 6) is 4.20. The third-order valence-electron chi connectivity index (χ3n) is 2.55. The summed E-state index contributed by atoms with van der Waals surface area (Å²) in [6, 6.07) is 0. The minimum atomic E-state index is 0.318. The van der Waals surface area contributed by atoms with Gasteiger partial charge in [0.2, 0.25) is 0 Å². The molecule has 0 aliphatic carbocycles. The zero-order valence-corrected chi connectivity index (χ0v) is 12.5. The van der Waals surface area contributed by atoms with Crippen molar-refractivity contribution in [3.8, 4) is 0 Å². The van der Waals surface area contributed by atoms with Crippen molar-refractivity contribution in [2.24, 2.45) is 0 Å². The van der Waals surface area contributed by atoms with Crippen LogP contribution in [0.5, 0.6) is 0 Å². The van der Waals surface area contributed by atoms with E-state index in [-0.39, 0.29) is 0 Å². The van der Waals surface area contributed by atoms with Crippen LogP contribution < -0.4 is 0 Å². The highest BCUT2D eigenvalue weighted by atomic mass is 32.2. The van der Waals surface area contributed by atoms with Crippen LogP contribution in [0.1, 0.15) is 44.9 Å². The van der Waals surface area contributed by atoms with Gasteiger partial charge < -0.3 is 10.2 Å². The second-order valence-electron chi connectivity index (χ2n) is 4.15. The van der Waals surface area contributed by atoms with Gasteiger partial charge in [0.1, 0.15) is 0 Å². The Bertz CT molecular complexity index is 121. The Kier molecular flexibility index (Phi) is 17.2. The molecule has 4 heteroatoms. The first kappa shape index (κ1) is 17.6. The zero-order chi connectivity index (χ0) is 12.6. The van der Waals surface area contributed by atoms with Gasteiger partial charge in [-0.25, -0.2) is 0 Å². The minimum absolute atomic E-state index is 0.318. The summed E-state index contributed by atoms with van der Waals surface area (Å²) in [7, 11) is 0. The monoisotopic (exact) mass is 280 g/mol. The van der Waals surface area contributed by atoms with Crippen LogP contribution in [-0.4, -0.2) is 46.4 Å². The lowest BCUT2D eigenvalue weighted by Gasteiger charge is -2.02. The van der Waals surface area contributed by atoms with Gasteiger partial charge in [0.25, 0.3) is 0 Å². The smallest absolute Gasteiger partial charge is 0.0521 e. The van der Waals surface area contributed by atoms with Gasteiger partial charge in [-0.05, 0) is 24.3 Å². The summed E-state index contributed by atoms with van der Waals surface area (Å²) in [5, 5.41) is 17.2. The molecular weight excluding hydrogens is 252 g/mol. The molecule has 2 N–H and O–H groups in total. The lowest BCUT2D eigenvalue weighted by atomic mass is 10.1. The highest BCUT2D eigenvalue weighted by Crippen LogP contribution is 2.11. The van der Waals surface area contributed by atoms with E-state index in [1.54, 1.807) is 0 Å².